The summed E-state index contributed by atoms with van der Waals surface area (Å²) in [4.78, 5) is 7.25. The molecule has 0 aliphatic carbocycles. The van der Waals surface area contributed by atoms with Gasteiger partial charge in [0.2, 0.25) is 5.55 Å². The fourth-order valence-corrected chi connectivity index (χ4v) is 5.59. The Morgan fingerprint density at radius 1 is 1.07 bits per heavy atom. The third kappa shape index (κ3) is 2.28. The molecule has 5 heteroatoms. The molecular formula is C22H19N3OS. The standard InChI is InChI=1S/C22H19N3OS/c23-21-16(22-24-17-7-1-2-8-18(17)27-22)12-14-11-13-5-3-9-25-10-4-6-15(19(13)25)20(14)26-21/h1-2,7-8,11-12,23H,3-6,9-10H2. The molecule has 27 heavy (non-hydrogen) atoms. The molecule has 0 spiro atoms. The lowest BCUT2D eigenvalue weighted by Gasteiger charge is -2.37. The molecule has 0 radical (unpaired) electrons. The second kappa shape index (κ2) is 5.67. The van der Waals surface area contributed by atoms with Crippen LogP contribution in [0.2, 0.25) is 0 Å². The van der Waals surface area contributed by atoms with Crippen molar-refractivity contribution in [3.05, 3.63) is 53.1 Å². The highest BCUT2D eigenvalue weighted by Crippen LogP contribution is 2.40. The van der Waals surface area contributed by atoms with E-state index < -0.39 is 0 Å². The highest BCUT2D eigenvalue weighted by molar-refractivity contribution is 7.21. The van der Waals surface area contributed by atoms with Crippen molar-refractivity contribution in [1.82, 2.24) is 4.98 Å². The minimum atomic E-state index is 0.214. The van der Waals surface area contributed by atoms with E-state index in [1.807, 2.05) is 18.2 Å². The molecule has 0 fully saturated rings. The first kappa shape index (κ1) is 15.4. The number of nitrogens with one attached hydrogen (secondary N) is 1. The van der Waals surface area contributed by atoms with Gasteiger partial charge in [-0.3, -0.25) is 5.41 Å². The molecular weight excluding hydrogens is 354 g/mol. The molecule has 0 saturated heterocycles. The quantitative estimate of drug-likeness (QED) is 0.517. The molecule has 2 aromatic carbocycles. The number of aromatic nitrogens is 1. The van der Waals surface area contributed by atoms with Gasteiger partial charge in [-0.25, -0.2) is 4.98 Å². The second-order valence-electron chi connectivity index (χ2n) is 7.45. The number of aryl methyl sites for hydroxylation is 2. The zero-order valence-corrected chi connectivity index (χ0v) is 15.7. The van der Waals surface area contributed by atoms with Gasteiger partial charge >= 0.3 is 0 Å². The summed E-state index contributed by atoms with van der Waals surface area (Å²) in [5.41, 5.74) is 7.01. The summed E-state index contributed by atoms with van der Waals surface area (Å²) in [6.07, 6.45) is 4.55. The van der Waals surface area contributed by atoms with Crippen molar-refractivity contribution in [3.63, 3.8) is 0 Å². The summed E-state index contributed by atoms with van der Waals surface area (Å²) < 4.78 is 7.26. The first-order valence-electron chi connectivity index (χ1n) is 9.56. The Bertz CT molecular complexity index is 1240. The number of rotatable bonds is 1. The van der Waals surface area contributed by atoms with Gasteiger partial charge in [-0.15, -0.1) is 11.3 Å². The number of nitrogens with zero attached hydrogens (tertiary/aromatic N) is 2. The Kier molecular flexibility index (Phi) is 3.23. The normalized spacial score (nSPS) is 16.1. The monoisotopic (exact) mass is 373 g/mol. The number of benzene rings is 2. The number of fused-ring (bicyclic) bond motifs is 3. The zero-order valence-electron chi connectivity index (χ0n) is 14.9. The maximum absolute atomic E-state index is 8.53. The van der Waals surface area contributed by atoms with Crippen LogP contribution in [0.5, 0.6) is 0 Å². The SMILES string of the molecule is N=c1oc2c3c4c(cc2cc1-c1nc2ccccc2s1)CCCN4CCC3. The second-order valence-corrected chi connectivity index (χ2v) is 8.48. The van der Waals surface area contributed by atoms with E-state index in [0.29, 0.717) is 0 Å². The maximum Gasteiger partial charge on any atom is 0.222 e. The van der Waals surface area contributed by atoms with Gasteiger partial charge in [-0.2, -0.15) is 0 Å². The van der Waals surface area contributed by atoms with Crippen molar-refractivity contribution in [2.75, 3.05) is 18.0 Å². The van der Waals surface area contributed by atoms with E-state index >= 15 is 0 Å². The Morgan fingerprint density at radius 2 is 1.93 bits per heavy atom. The molecule has 2 aliphatic heterocycles. The van der Waals surface area contributed by atoms with Gasteiger partial charge in [0.05, 0.1) is 15.8 Å². The van der Waals surface area contributed by atoms with Crippen LogP contribution in [-0.4, -0.2) is 18.1 Å². The number of para-hydroxylation sites is 1. The van der Waals surface area contributed by atoms with Gasteiger partial charge in [0, 0.05) is 29.7 Å². The third-order valence-corrected chi connectivity index (χ3v) is 6.84. The summed E-state index contributed by atoms with van der Waals surface area (Å²) in [5.74, 6) is 0. The molecule has 4 heterocycles. The lowest BCUT2D eigenvalue weighted by molar-refractivity contribution is 0.527. The van der Waals surface area contributed by atoms with Crippen LogP contribution < -0.4 is 10.5 Å². The zero-order chi connectivity index (χ0) is 18.0. The topological polar surface area (TPSA) is 53.1 Å². The molecule has 2 aromatic heterocycles. The van der Waals surface area contributed by atoms with E-state index in [9.17, 15) is 0 Å². The summed E-state index contributed by atoms with van der Waals surface area (Å²) in [5, 5.41) is 10.5. The Balaban J connectivity index is 1.61. The van der Waals surface area contributed by atoms with E-state index in [1.54, 1.807) is 11.3 Å². The van der Waals surface area contributed by atoms with Crippen LogP contribution in [-0.2, 0) is 12.8 Å². The Labute approximate surface area is 160 Å². The van der Waals surface area contributed by atoms with Crippen LogP contribution in [0, 0.1) is 5.41 Å². The van der Waals surface area contributed by atoms with E-state index in [2.05, 4.69) is 23.1 Å². The highest BCUT2D eigenvalue weighted by Gasteiger charge is 2.27. The molecule has 0 atom stereocenters. The van der Waals surface area contributed by atoms with Crippen LogP contribution in [0.1, 0.15) is 24.0 Å². The van der Waals surface area contributed by atoms with E-state index in [0.717, 1.165) is 64.1 Å². The van der Waals surface area contributed by atoms with Gasteiger partial charge in [0.1, 0.15) is 10.6 Å². The van der Waals surface area contributed by atoms with Crippen LogP contribution in [0.15, 0.2) is 40.8 Å². The number of hydrogen-bond acceptors (Lipinski definition) is 5. The van der Waals surface area contributed by atoms with Crippen molar-refractivity contribution < 1.29 is 4.42 Å². The van der Waals surface area contributed by atoms with Gasteiger partial charge in [-0.05, 0) is 55.5 Å². The maximum atomic E-state index is 8.53. The number of anilines is 1. The average molecular weight is 373 g/mol. The Morgan fingerprint density at radius 3 is 2.81 bits per heavy atom. The molecule has 1 N–H and O–H groups in total. The van der Waals surface area contributed by atoms with Crippen LogP contribution in [0.4, 0.5) is 5.69 Å². The molecule has 0 bridgehead atoms. The van der Waals surface area contributed by atoms with E-state index in [4.69, 9.17) is 14.8 Å². The van der Waals surface area contributed by atoms with Crippen molar-refractivity contribution in [2.45, 2.75) is 25.7 Å². The van der Waals surface area contributed by atoms with Crippen molar-refractivity contribution in [2.24, 2.45) is 0 Å². The van der Waals surface area contributed by atoms with Crippen molar-refractivity contribution >= 4 is 38.2 Å². The summed E-state index contributed by atoms with van der Waals surface area (Å²) in [6, 6.07) is 12.5. The van der Waals surface area contributed by atoms with Crippen LogP contribution in [0.25, 0.3) is 31.8 Å². The molecule has 6 rings (SSSR count). The van der Waals surface area contributed by atoms with E-state index in [1.165, 1.54) is 23.2 Å². The smallest absolute Gasteiger partial charge is 0.222 e. The summed E-state index contributed by atoms with van der Waals surface area (Å²) in [6.45, 7) is 2.28. The number of hydrogen-bond donors (Lipinski definition) is 1. The van der Waals surface area contributed by atoms with E-state index in [-0.39, 0.29) is 5.55 Å². The fraction of sp³-hybridized carbons (Fsp3) is 0.273. The third-order valence-electron chi connectivity index (χ3n) is 5.77. The van der Waals surface area contributed by atoms with Gasteiger partial charge in [0.25, 0.3) is 0 Å². The first-order chi connectivity index (χ1) is 13.3. The average Bonchev–Trinajstić information content (AvgIpc) is 3.12. The molecule has 0 unspecified atom stereocenters. The predicted molar refractivity (Wildman–Crippen MR) is 110 cm³/mol. The Hall–Kier alpha value is -2.66. The minimum absolute atomic E-state index is 0.214. The predicted octanol–water partition coefficient (Wildman–Crippen LogP) is 4.89. The lowest BCUT2D eigenvalue weighted by Crippen LogP contribution is -2.34. The highest BCUT2D eigenvalue weighted by atomic mass is 32.1. The molecule has 0 amide bonds. The van der Waals surface area contributed by atoms with Crippen molar-refractivity contribution in [1.29, 1.82) is 5.41 Å². The van der Waals surface area contributed by atoms with Crippen LogP contribution >= 0.6 is 11.3 Å². The molecule has 4 nitrogen and oxygen atoms in total. The number of thiazole rings is 1. The van der Waals surface area contributed by atoms with Crippen molar-refractivity contribution in [3.8, 4) is 10.6 Å². The van der Waals surface area contributed by atoms with Gasteiger partial charge in [-0.1, -0.05) is 12.1 Å². The molecule has 2 aliphatic rings. The lowest BCUT2D eigenvalue weighted by atomic mass is 9.90. The van der Waals surface area contributed by atoms with Crippen LogP contribution in [0.3, 0.4) is 0 Å². The van der Waals surface area contributed by atoms with Gasteiger partial charge in [0.15, 0.2) is 0 Å². The largest absolute Gasteiger partial charge is 0.438 e. The fourth-order valence-electron chi connectivity index (χ4n) is 4.61. The summed E-state index contributed by atoms with van der Waals surface area (Å²) >= 11 is 1.62. The molecule has 134 valence electrons. The summed E-state index contributed by atoms with van der Waals surface area (Å²) in [7, 11) is 0. The van der Waals surface area contributed by atoms with Gasteiger partial charge < -0.3 is 9.32 Å². The first-order valence-corrected chi connectivity index (χ1v) is 10.4. The minimum Gasteiger partial charge on any atom is -0.438 e. The molecule has 4 aromatic rings. The molecule has 0 saturated carbocycles.